The van der Waals surface area contributed by atoms with Gasteiger partial charge < -0.3 is 10.4 Å². The molecule has 18 heavy (non-hydrogen) atoms. The zero-order valence-electron chi connectivity index (χ0n) is 10.4. The summed E-state index contributed by atoms with van der Waals surface area (Å²) < 4.78 is 0. The van der Waals surface area contributed by atoms with Gasteiger partial charge in [0, 0.05) is 11.3 Å². The highest BCUT2D eigenvalue weighted by Crippen LogP contribution is 2.20. The van der Waals surface area contributed by atoms with E-state index in [-0.39, 0.29) is 11.7 Å². The van der Waals surface area contributed by atoms with Crippen LogP contribution in [-0.2, 0) is 0 Å². The highest BCUT2D eigenvalue weighted by atomic mass is 16.3. The van der Waals surface area contributed by atoms with Crippen LogP contribution in [0.3, 0.4) is 0 Å². The Morgan fingerprint density at radius 3 is 2.56 bits per heavy atom. The van der Waals surface area contributed by atoms with E-state index in [9.17, 15) is 9.90 Å². The van der Waals surface area contributed by atoms with Crippen molar-refractivity contribution in [2.75, 3.05) is 5.32 Å². The predicted molar refractivity (Wildman–Crippen MR) is 72.0 cm³/mol. The molecule has 1 amide bonds. The molecule has 0 saturated heterocycles. The van der Waals surface area contributed by atoms with Crippen LogP contribution in [0.4, 0.5) is 5.69 Å². The number of amides is 1. The second kappa shape index (κ2) is 4.92. The van der Waals surface area contributed by atoms with Gasteiger partial charge in [-0.15, -0.1) is 0 Å². The third-order valence-corrected chi connectivity index (χ3v) is 2.74. The number of carbonyl (C=O) groups is 1. The van der Waals surface area contributed by atoms with Crippen LogP contribution in [0.1, 0.15) is 21.5 Å². The Balaban J connectivity index is 2.21. The molecule has 0 aliphatic carbocycles. The van der Waals surface area contributed by atoms with Crippen LogP contribution >= 0.6 is 0 Å². The molecule has 0 saturated carbocycles. The molecule has 3 heteroatoms. The first-order chi connectivity index (χ1) is 8.56. The van der Waals surface area contributed by atoms with Crippen molar-refractivity contribution in [2.24, 2.45) is 0 Å². The van der Waals surface area contributed by atoms with Gasteiger partial charge in [0.05, 0.1) is 0 Å². The summed E-state index contributed by atoms with van der Waals surface area (Å²) in [5.74, 6) is 0.0496. The van der Waals surface area contributed by atoms with E-state index < -0.39 is 0 Å². The zero-order chi connectivity index (χ0) is 13.1. The summed E-state index contributed by atoms with van der Waals surface area (Å²) in [5, 5.41) is 12.1. The minimum absolute atomic E-state index is 0.146. The van der Waals surface area contributed by atoms with Crippen molar-refractivity contribution in [2.45, 2.75) is 13.8 Å². The van der Waals surface area contributed by atoms with Crippen molar-refractivity contribution in [3.05, 3.63) is 59.2 Å². The van der Waals surface area contributed by atoms with Crippen molar-refractivity contribution >= 4 is 11.6 Å². The molecular weight excluding hydrogens is 226 g/mol. The number of carbonyl (C=O) groups excluding carboxylic acids is 1. The van der Waals surface area contributed by atoms with Crippen LogP contribution < -0.4 is 5.32 Å². The van der Waals surface area contributed by atoms with E-state index in [1.54, 1.807) is 24.3 Å². The number of hydrogen-bond donors (Lipinski definition) is 2. The lowest BCUT2D eigenvalue weighted by Gasteiger charge is -2.09. The molecule has 0 fully saturated rings. The first-order valence-corrected chi connectivity index (χ1v) is 5.74. The number of nitrogens with one attached hydrogen (secondary N) is 1. The van der Waals surface area contributed by atoms with Gasteiger partial charge in [-0.05, 0) is 49.7 Å². The molecular formula is C15H15NO2. The maximum Gasteiger partial charge on any atom is 0.255 e. The Bertz CT molecular complexity index is 591. The zero-order valence-corrected chi connectivity index (χ0v) is 10.4. The summed E-state index contributed by atoms with van der Waals surface area (Å²) in [4.78, 5) is 12.0. The molecule has 0 aliphatic rings. The standard InChI is InChI=1S/C15H15NO2/c1-10-4-3-5-12(8-10)15(18)16-14-7-6-13(17)9-11(14)2/h3-9,17H,1-2H3,(H,16,18). The highest BCUT2D eigenvalue weighted by Gasteiger charge is 2.07. The van der Waals surface area contributed by atoms with Gasteiger partial charge in [-0.1, -0.05) is 17.7 Å². The molecule has 2 aromatic rings. The SMILES string of the molecule is Cc1cccc(C(=O)Nc2ccc(O)cc2C)c1. The Morgan fingerprint density at radius 2 is 1.89 bits per heavy atom. The molecule has 0 aromatic heterocycles. The fourth-order valence-electron chi connectivity index (χ4n) is 1.77. The first kappa shape index (κ1) is 12.2. The number of benzene rings is 2. The number of hydrogen-bond acceptors (Lipinski definition) is 2. The van der Waals surface area contributed by atoms with Gasteiger partial charge in [0.25, 0.3) is 5.91 Å². The van der Waals surface area contributed by atoms with E-state index in [1.807, 2.05) is 32.0 Å². The molecule has 2 aromatic carbocycles. The van der Waals surface area contributed by atoms with Gasteiger partial charge in [-0.2, -0.15) is 0 Å². The average molecular weight is 241 g/mol. The number of phenolic OH excluding ortho intramolecular Hbond substituents is 1. The maximum absolute atomic E-state index is 12.0. The van der Waals surface area contributed by atoms with Gasteiger partial charge in [-0.25, -0.2) is 0 Å². The maximum atomic E-state index is 12.0. The minimum Gasteiger partial charge on any atom is -0.508 e. The number of phenols is 1. The number of aromatic hydroxyl groups is 1. The predicted octanol–water partition coefficient (Wildman–Crippen LogP) is 3.26. The van der Waals surface area contributed by atoms with Gasteiger partial charge in [0.2, 0.25) is 0 Å². The number of anilines is 1. The van der Waals surface area contributed by atoms with Gasteiger partial charge in [0.1, 0.15) is 5.75 Å². The third-order valence-electron chi connectivity index (χ3n) is 2.74. The monoisotopic (exact) mass is 241 g/mol. The smallest absolute Gasteiger partial charge is 0.255 e. The van der Waals surface area contributed by atoms with E-state index >= 15 is 0 Å². The van der Waals surface area contributed by atoms with Crippen molar-refractivity contribution in [3.63, 3.8) is 0 Å². The quantitative estimate of drug-likeness (QED) is 0.793. The second-order valence-corrected chi connectivity index (χ2v) is 4.32. The van der Waals surface area contributed by atoms with Crippen molar-refractivity contribution in [3.8, 4) is 5.75 Å². The van der Waals surface area contributed by atoms with E-state index in [1.165, 1.54) is 0 Å². The lowest BCUT2D eigenvalue weighted by atomic mass is 10.1. The van der Waals surface area contributed by atoms with Gasteiger partial charge in [-0.3, -0.25) is 4.79 Å². The van der Waals surface area contributed by atoms with Crippen LogP contribution in [0.2, 0.25) is 0 Å². The van der Waals surface area contributed by atoms with Crippen molar-refractivity contribution in [1.29, 1.82) is 0 Å². The molecule has 2 rings (SSSR count). The number of rotatable bonds is 2. The van der Waals surface area contributed by atoms with Gasteiger partial charge >= 0.3 is 0 Å². The number of aryl methyl sites for hydroxylation is 2. The molecule has 2 N–H and O–H groups in total. The molecule has 92 valence electrons. The Morgan fingerprint density at radius 1 is 1.11 bits per heavy atom. The Kier molecular flexibility index (Phi) is 3.33. The highest BCUT2D eigenvalue weighted by molar-refractivity contribution is 6.04. The summed E-state index contributed by atoms with van der Waals surface area (Å²) >= 11 is 0. The summed E-state index contributed by atoms with van der Waals surface area (Å²) in [7, 11) is 0. The fourth-order valence-corrected chi connectivity index (χ4v) is 1.77. The van der Waals surface area contributed by atoms with Crippen molar-refractivity contribution < 1.29 is 9.90 Å². The summed E-state index contributed by atoms with van der Waals surface area (Å²) in [6.07, 6.45) is 0. The van der Waals surface area contributed by atoms with Crippen LogP contribution in [0.25, 0.3) is 0 Å². The molecule has 3 nitrogen and oxygen atoms in total. The minimum atomic E-state index is -0.146. The molecule has 0 bridgehead atoms. The molecule has 0 heterocycles. The molecule has 0 radical (unpaired) electrons. The van der Waals surface area contributed by atoms with Crippen LogP contribution in [0, 0.1) is 13.8 Å². The summed E-state index contributed by atoms with van der Waals surface area (Å²) in [6, 6.07) is 12.3. The van der Waals surface area contributed by atoms with Crippen molar-refractivity contribution in [1.82, 2.24) is 0 Å². The van der Waals surface area contributed by atoms with Gasteiger partial charge in [0.15, 0.2) is 0 Å². The van der Waals surface area contributed by atoms with E-state index in [4.69, 9.17) is 0 Å². The Labute approximate surface area is 106 Å². The molecule has 0 unspecified atom stereocenters. The fraction of sp³-hybridized carbons (Fsp3) is 0.133. The molecule has 0 aliphatic heterocycles. The van der Waals surface area contributed by atoms with Crippen LogP contribution in [0.15, 0.2) is 42.5 Å². The normalized spacial score (nSPS) is 10.1. The largest absolute Gasteiger partial charge is 0.508 e. The summed E-state index contributed by atoms with van der Waals surface area (Å²) in [5.41, 5.74) is 3.21. The van der Waals surface area contributed by atoms with E-state index in [0.29, 0.717) is 11.3 Å². The third kappa shape index (κ3) is 2.69. The van der Waals surface area contributed by atoms with Crippen LogP contribution in [-0.4, -0.2) is 11.0 Å². The topological polar surface area (TPSA) is 49.3 Å². The van der Waals surface area contributed by atoms with E-state index in [2.05, 4.69) is 5.32 Å². The second-order valence-electron chi connectivity index (χ2n) is 4.32. The molecule has 0 spiro atoms. The lowest BCUT2D eigenvalue weighted by Crippen LogP contribution is -2.12. The van der Waals surface area contributed by atoms with Crippen LogP contribution in [0.5, 0.6) is 5.75 Å². The average Bonchev–Trinajstić information content (AvgIpc) is 2.32. The first-order valence-electron chi connectivity index (χ1n) is 5.74. The molecule has 0 atom stereocenters. The lowest BCUT2D eigenvalue weighted by molar-refractivity contribution is 0.102. The van der Waals surface area contributed by atoms with E-state index in [0.717, 1.165) is 11.1 Å². The Hall–Kier alpha value is -2.29. The summed E-state index contributed by atoms with van der Waals surface area (Å²) in [6.45, 7) is 3.79.